The van der Waals surface area contributed by atoms with E-state index in [0.717, 1.165) is 11.1 Å². The van der Waals surface area contributed by atoms with E-state index in [9.17, 15) is 18.6 Å². The third-order valence-electron chi connectivity index (χ3n) is 5.82. The molecular formula is C30H24Cl2O4S. The van der Waals surface area contributed by atoms with Gasteiger partial charge in [-0.1, -0.05) is 96.0 Å². The molecule has 0 saturated carbocycles. The number of benzene rings is 4. The van der Waals surface area contributed by atoms with E-state index in [1.807, 2.05) is 0 Å². The van der Waals surface area contributed by atoms with Crippen LogP contribution in [0.25, 0.3) is 12.2 Å². The molecule has 0 heterocycles. The first-order valence-electron chi connectivity index (χ1n) is 11.4. The van der Waals surface area contributed by atoms with Crippen LogP contribution >= 0.6 is 23.2 Å². The normalized spacial score (nSPS) is 13.7. The monoisotopic (exact) mass is 550 g/mol. The summed E-state index contributed by atoms with van der Waals surface area (Å²) in [6.45, 7) is 0. The molecule has 2 N–H and O–H groups in total. The van der Waals surface area contributed by atoms with E-state index >= 15 is 0 Å². The third kappa shape index (κ3) is 6.83. The molecule has 0 aliphatic heterocycles. The van der Waals surface area contributed by atoms with E-state index in [-0.39, 0.29) is 11.5 Å². The van der Waals surface area contributed by atoms with Crippen LogP contribution in [0.2, 0.25) is 10.0 Å². The summed E-state index contributed by atoms with van der Waals surface area (Å²) in [6, 6.07) is 26.5. The van der Waals surface area contributed by atoms with Gasteiger partial charge < -0.3 is 10.2 Å². The maximum absolute atomic E-state index is 14.3. The highest BCUT2D eigenvalue weighted by Crippen LogP contribution is 2.38. The molecule has 7 heteroatoms. The molecule has 37 heavy (non-hydrogen) atoms. The molecule has 4 rings (SSSR count). The molecule has 0 radical (unpaired) electrons. The molecule has 0 fully saturated rings. The average Bonchev–Trinajstić information content (AvgIpc) is 2.88. The molecule has 2 unspecified atom stereocenters. The van der Waals surface area contributed by atoms with Crippen molar-refractivity contribution in [2.24, 2.45) is 0 Å². The summed E-state index contributed by atoms with van der Waals surface area (Å²) in [6.07, 6.45) is 6.72. The van der Waals surface area contributed by atoms with Gasteiger partial charge in [-0.15, -0.1) is 0 Å². The molecule has 4 aromatic rings. The first-order chi connectivity index (χ1) is 17.7. The molecule has 0 bridgehead atoms. The smallest absolute Gasteiger partial charge is 0.171 e. The van der Waals surface area contributed by atoms with Crippen molar-refractivity contribution in [3.63, 3.8) is 0 Å². The van der Waals surface area contributed by atoms with E-state index in [1.165, 1.54) is 0 Å². The van der Waals surface area contributed by atoms with Gasteiger partial charge in [0.05, 0.1) is 0 Å². The Hall–Kier alpha value is -3.51. The number of halogens is 2. The van der Waals surface area contributed by atoms with E-state index in [0.29, 0.717) is 21.2 Å². The van der Waals surface area contributed by atoms with Gasteiger partial charge in [0, 0.05) is 10.0 Å². The molecule has 0 spiro atoms. The Bertz CT molecular complexity index is 1380. The van der Waals surface area contributed by atoms with Gasteiger partial charge in [0.25, 0.3) is 0 Å². The Balaban J connectivity index is 1.81. The van der Waals surface area contributed by atoms with Gasteiger partial charge in [0.15, 0.2) is 9.84 Å². The Morgan fingerprint density at radius 1 is 0.541 bits per heavy atom. The quantitative estimate of drug-likeness (QED) is 0.233. The van der Waals surface area contributed by atoms with Crippen molar-refractivity contribution in [2.75, 3.05) is 0 Å². The standard InChI is InChI=1S/C30H24Cl2O4S/c31-25-11-7-23(8-12-25)29(19-5-21-1-15-27(33)16-2-21)37(35,36)30(24-9-13-26(32)14-10-24)20-6-22-3-17-28(34)18-4-22/h1-20,29-30,33-34H/b19-5+,20-6+. The second-order valence-electron chi connectivity index (χ2n) is 8.43. The fourth-order valence-electron chi connectivity index (χ4n) is 3.85. The zero-order valence-corrected chi connectivity index (χ0v) is 21.9. The molecule has 188 valence electrons. The first kappa shape index (κ1) is 26.6. The van der Waals surface area contributed by atoms with Crippen molar-refractivity contribution in [1.82, 2.24) is 0 Å². The lowest BCUT2D eigenvalue weighted by Gasteiger charge is -2.22. The summed E-state index contributed by atoms with van der Waals surface area (Å²) in [5.41, 5.74) is 2.62. The first-order valence-corrected chi connectivity index (χ1v) is 13.8. The number of phenolic OH excluding ortho intramolecular Hbond substituents is 2. The Morgan fingerprint density at radius 2 is 0.865 bits per heavy atom. The van der Waals surface area contributed by atoms with E-state index in [1.54, 1.807) is 121 Å². The van der Waals surface area contributed by atoms with Crippen molar-refractivity contribution in [1.29, 1.82) is 0 Å². The van der Waals surface area contributed by atoms with Crippen LogP contribution in [0.1, 0.15) is 32.8 Å². The molecule has 0 aliphatic carbocycles. The molecule has 2 atom stereocenters. The van der Waals surface area contributed by atoms with Crippen LogP contribution in [0.15, 0.2) is 109 Å². The number of sulfone groups is 1. The minimum absolute atomic E-state index is 0.126. The summed E-state index contributed by atoms with van der Waals surface area (Å²) in [5.74, 6) is 0.252. The maximum Gasteiger partial charge on any atom is 0.171 e. The van der Waals surface area contributed by atoms with Gasteiger partial charge in [-0.2, -0.15) is 0 Å². The number of phenols is 2. The summed E-state index contributed by atoms with van der Waals surface area (Å²) >= 11 is 12.2. The topological polar surface area (TPSA) is 74.6 Å². The average molecular weight is 551 g/mol. The number of aromatic hydroxyl groups is 2. The molecule has 4 aromatic carbocycles. The molecule has 0 amide bonds. The number of rotatable bonds is 8. The van der Waals surface area contributed by atoms with E-state index < -0.39 is 20.3 Å². The van der Waals surface area contributed by atoms with Gasteiger partial charge in [0.2, 0.25) is 0 Å². The third-order valence-corrected chi connectivity index (χ3v) is 8.60. The Kier molecular flexibility index (Phi) is 8.39. The van der Waals surface area contributed by atoms with E-state index in [4.69, 9.17) is 23.2 Å². The van der Waals surface area contributed by atoms with Crippen molar-refractivity contribution >= 4 is 45.2 Å². The maximum atomic E-state index is 14.3. The highest BCUT2D eigenvalue weighted by Gasteiger charge is 2.33. The highest BCUT2D eigenvalue weighted by atomic mass is 35.5. The predicted molar refractivity (Wildman–Crippen MR) is 152 cm³/mol. The molecule has 0 saturated heterocycles. The van der Waals surface area contributed by atoms with E-state index in [2.05, 4.69) is 0 Å². The summed E-state index contributed by atoms with van der Waals surface area (Å²) in [4.78, 5) is 0. The molecular weight excluding hydrogens is 527 g/mol. The number of hydrogen-bond acceptors (Lipinski definition) is 4. The minimum atomic E-state index is -3.91. The molecule has 0 aliphatic rings. The lowest BCUT2D eigenvalue weighted by Crippen LogP contribution is -2.19. The lowest BCUT2D eigenvalue weighted by molar-refractivity contribution is 0.474. The van der Waals surface area contributed by atoms with Gasteiger partial charge in [-0.05, 0) is 70.8 Å². The van der Waals surface area contributed by atoms with Crippen LogP contribution in [0.4, 0.5) is 0 Å². The summed E-state index contributed by atoms with van der Waals surface area (Å²) in [7, 11) is -3.91. The Morgan fingerprint density at radius 3 is 1.19 bits per heavy atom. The van der Waals surface area contributed by atoms with Gasteiger partial charge >= 0.3 is 0 Å². The fraction of sp³-hybridized carbons (Fsp3) is 0.0667. The molecule has 0 aromatic heterocycles. The van der Waals surface area contributed by atoms with Gasteiger partial charge in [-0.25, -0.2) is 8.42 Å². The minimum Gasteiger partial charge on any atom is -0.508 e. The summed E-state index contributed by atoms with van der Waals surface area (Å²) in [5, 5.41) is 18.2. The second kappa shape index (κ2) is 11.7. The summed E-state index contributed by atoms with van der Waals surface area (Å²) < 4.78 is 28.6. The van der Waals surface area contributed by atoms with Crippen LogP contribution in [0.3, 0.4) is 0 Å². The second-order valence-corrected chi connectivity index (χ2v) is 11.5. The zero-order chi connectivity index (χ0) is 26.4. The van der Waals surface area contributed by atoms with Crippen molar-refractivity contribution in [3.8, 4) is 11.5 Å². The number of hydrogen-bond donors (Lipinski definition) is 2. The SMILES string of the molecule is O=S(=O)(C(/C=C/c1ccc(O)cc1)c1ccc(Cl)cc1)C(/C=C/c1ccc(O)cc1)c1ccc(Cl)cc1. The van der Waals surface area contributed by atoms with Crippen LogP contribution in [-0.2, 0) is 9.84 Å². The van der Waals surface area contributed by atoms with Crippen molar-refractivity contribution in [3.05, 3.63) is 142 Å². The Labute approximate surface area is 226 Å². The highest BCUT2D eigenvalue weighted by molar-refractivity contribution is 7.92. The van der Waals surface area contributed by atoms with Gasteiger partial charge in [-0.3, -0.25) is 0 Å². The van der Waals surface area contributed by atoms with Crippen LogP contribution in [0.5, 0.6) is 11.5 Å². The van der Waals surface area contributed by atoms with Crippen molar-refractivity contribution in [2.45, 2.75) is 10.5 Å². The zero-order valence-electron chi connectivity index (χ0n) is 19.6. The van der Waals surface area contributed by atoms with Crippen molar-refractivity contribution < 1.29 is 18.6 Å². The van der Waals surface area contributed by atoms with Crippen LogP contribution in [-0.4, -0.2) is 18.6 Å². The lowest BCUT2D eigenvalue weighted by atomic mass is 10.1. The largest absolute Gasteiger partial charge is 0.508 e. The van der Waals surface area contributed by atoms with Gasteiger partial charge in [0.1, 0.15) is 22.0 Å². The van der Waals surface area contributed by atoms with Crippen LogP contribution in [0, 0.1) is 0 Å². The fourth-order valence-corrected chi connectivity index (χ4v) is 6.09. The predicted octanol–water partition coefficient (Wildman–Crippen LogP) is 8.03. The van der Waals surface area contributed by atoms with Crippen LogP contribution < -0.4 is 0 Å². The molecule has 4 nitrogen and oxygen atoms in total.